The molecule has 1 aromatic carbocycles. The third-order valence-electron chi connectivity index (χ3n) is 6.53. The Bertz CT molecular complexity index is 938. The van der Waals surface area contributed by atoms with Crippen molar-refractivity contribution in [1.82, 2.24) is 25.1 Å². The van der Waals surface area contributed by atoms with Gasteiger partial charge in [0.05, 0.1) is 34.6 Å². The number of rotatable bonds is 3. The summed E-state index contributed by atoms with van der Waals surface area (Å²) in [6, 6.07) is 8.24. The third-order valence-corrected chi connectivity index (χ3v) is 7.50. The molecule has 0 bridgehead atoms. The summed E-state index contributed by atoms with van der Waals surface area (Å²) in [6.45, 7) is 3.88. The standard InChI is InChI=1S/C21H26N6OS/c22-11-14-1-2-17-18(9-14)25-20(24-17)15-3-5-26(6-4-15)16-10-19(23-12-16)21(28)27-7-8-29-13-27/h1-2,9,15-16,19,23H,3-8,10,12-13H2,(H,24,25)/t16-,19-/m0/s1. The molecule has 0 unspecified atom stereocenters. The van der Waals surface area contributed by atoms with E-state index in [-0.39, 0.29) is 11.9 Å². The Balaban J connectivity index is 1.18. The fourth-order valence-corrected chi connectivity index (χ4v) is 5.78. The number of carbonyl (C=O) groups is 1. The van der Waals surface area contributed by atoms with E-state index in [0.29, 0.717) is 17.5 Å². The van der Waals surface area contributed by atoms with Crippen LogP contribution in [-0.4, -0.2) is 75.6 Å². The van der Waals surface area contributed by atoms with Gasteiger partial charge in [0.25, 0.3) is 0 Å². The first-order valence-corrected chi connectivity index (χ1v) is 11.6. The molecule has 0 spiro atoms. The summed E-state index contributed by atoms with van der Waals surface area (Å²) < 4.78 is 0. The first kappa shape index (κ1) is 18.9. The number of aromatic nitrogens is 2. The zero-order valence-electron chi connectivity index (χ0n) is 16.4. The van der Waals surface area contributed by atoms with Crippen LogP contribution in [-0.2, 0) is 4.79 Å². The van der Waals surface area contributed by atoms with Gasteiger partial charge in [0, 0.05) is 30.8 Å². The minimum absolute atomic E-state index is 0.0128. The smallest absolute Gasteiger partial charge is 0.240 e. The van der Waals surface area contributed by atoms with E-state index >= 15 is 0 Å². The lowest BCUT2D eigenvalue weighted by atomic mass is 9.94. The minimum atomic E-state index is -0.0128. The average Bonchev–Trinajstić information content (AvgIpc) is 3.53. The molecule has 3 aliphatic rings. The van der Waals surface area contributed by atoms with Crippen molar-refractivity contribution in [3.05, 3.63) is 29.6 Å². The van der Waals surface area contributed by atoms with E-state index in [1.165, 1.54) is 0 Å². The van der Waals surface area contributed by atoms with Crippen molar-refractivity contribution in [3.8, 4) is 6.07 Å². The number of aromatic amines is 1. The molecule has 0 aliphatic carbocycles. The molecule has 2 aromatic rings. The van der Waals surface area contributed by atoms with Crippen LogP contribution in [0.4, 0.5) is 0 Å². The number of amides is 1. The van der Waals surface area contributed by atoms with Crippen LogP contribution in [0.5, 0.6) is 0 Å². The fourth-order valence-electron chi connectivity index (χ4n) is 4.82. The number of nitrogens with one attached hydrogen (secondary N) is 2. The lowest BCUT2D eigenvalue weighted by Crippen LogP contribution is -2.42. The number of nitriles is 1. The molecule has 0 radical (unpaired) electrons. The van der Waals surface area contributed by atoms with Crippen LogP contribution >= 0.6 is 11.8 Å². The minimum Gasteiger partial charge on any atom is -0.342 e. The lowest BCUT2D eigenvalue weighted by Gasteiger charge is -2.35. The van der Waals surface area contributed by atoms with Crippen LogP contribution < -0.4 is 5.32 Å². The van der Waals surface area contributed by atoms with Gasteiger partial charge in [0.15, 0.2) is 0 Å². The number of hydrogen-bond acceptors (Lipinski definition) is 6. The summed E-state index contributed by atoms with van der Waals surface area (Å²) >= 11 is 1.84. The van der Waals surface area contributed by atoms with E-state index in [1.807, 2.05) is 34.9 Å². The van der Waals surface area contributed by atoms with Crippen molar-refractivity contribution < 1.29 is 4.79 Å². The monoisotopic (exact) mass is 410 g/mol. The van der Waals surface area contributed by atoms with Crippen molar-refractivity contribution in [3.63, 3.8) is 0 Å². The molecule has 3 fully saturated rings. The third kappa shape index (κ3) is 3.75. The van der Waals surface area contributed by atoms with Crippen LogP contribution in [0.15, 0.2) is 18.2 Å². The van der Waals surface area contributed by atoms with Crippen molar-refractivity contribution in [2.45, 2.75) is 37.3 Å². The van der Waals surface area contributed by atoms with Crippen molar-refractivity contribution in [2.75, 3.05) is 37.8 Å². The highest BCUT2D eigenvalue weighted by molar-refractivity contribution is 7.99. The SMILES string of the molecule is N#Cc1ccc2nc(C3CCN([C@@H]4CN[C@H](C(=O)N5CCSC5)C4)CC3)[nH]c2c1. The maximum atomic E-state index is 12.6. The lowest BCUT2D eigenvalue weighted by molar-refractivity contribution is -0.131. The predicted octanol–water partition coefficient (Wildman–Crippen LogP) is 1.88. The molecular formula is C21H26N6OS. The van der Waals surface area contributed by atoms with Crippen LogP contribution in [0, 0.1) is 11.3 Å². The highest BCUT2D eigenvalue weighted by Gasteiger charge is 2.37. The first-order valence-electron chi connectivity index (χ1n) is 10.4. The molecule has 2 N–H and O–H groups in total. The van der Waals surface area contributed by atoms with Gasteiger partial charge in [-0.15, -0.1) is 11.8 Å². The van der Waals surface area contributed by atoms with E-state index in [0.717, 1.165) is 73.9 Å². The molecule has 7 nitrogen and oxygen atoms in total. The highest BCUT2D eigenvalue weighted by Crippen LogP contribution is 2.30. The number of nitrogens with zero attached hydrogens (tertiary/aromatic N) is 4. The second-order valence-corrected chi connectivity index (χ2v) is 9.34. The number of hydrogen-bond donors (Lipinski definition) is 2. The number of H-pyrrole nitrogens is 1. The van der Waals surface area contributed by atoms with Crippen molar-refractivity contribution in [2.24, 2.45) is 0 Å². The van der Waals surface area contributed by atoms with Crippen molar-refractivity contribution in [1.29, 1.82) is 5.26 Å². The molecule has 1 amide bonds. The quantitative estimate of drug-likeness (QED) is 0.803. The number of fused-ring (bicyclic) bond motifs is 1. The summed E-state index contributed by atoms with van der Waals surface area (Å²) in [7, 11) is 0. The first-order chi connectivity index (χ1) is 14.2. The number of imidazole rings is 1. The highest BCUT2D eigenvalue weighted by atomic mass is 32.2. The molecule has 3 saturated heterocycles. The van der Waals surface area contributed by atoms with Crippen LogP contribution in [0.1, 0.15) is 36.6 Å². The van der Waals surface area contributed by atoms with E-state index in [9.17, 15) is 4.79 Å². The number of likely N-dealkylation sites (tertiary alicyclic amines) is 1. The summed E-state index contributed by atoms with van der Waals surface area (Å²) in [6.07, 6.45) is 3.07. The van der Waals surface area contributed by atoms with Crippen LogP contribution in [0.25, 0.3) is 11.0 Å². The summed E-state index contributed by atoms with van der Waals surface area (Å²) in [5.41, 5.74) is 2.54. The number of piperidine rings is 1. The van der Waals surface area contributed by atoms with E-state index in [4.69, 9.17) is 10.2 Å². The predicted molar refractivity (Wildman–Crippen MR) is 114 cm³/mol. The van der Waals surface area contributed by atoms with Crippen LogP contribution in [0.3, 0.4) is 0 Å². The van der Waals surface area contributed by atoms with E-state index < -0.39 is 0 Å². The fraction of sp³-hybridized carbons (Fsp3) is 0.571. The Hall–Kier alpha value is -2.08. The van der Waals surface area contributed by atoms with Gasteiger partial charge >= 0.3 is 0 Å². The Morgan fingerprint density at radius 2 is 2.14 bits per heavy atom. The topological polar surface area (TPSA) is 88.1 Å². The molecule has 0 saturated carbocycles. The molecule has 152 valence electrons. The largest absolute Gasteiger partial charge is 0.342 e. The molecule has 5 rings (SSSR count). The van der Waals surface area contributed by atoms with Gasteiger partial charge in [-0.3, -0.25) is 9.69 Å². The Morgan fingerprint density at radius 1 is 1.28 bits per heavy atom. The zero-order chi connectivity index (χ0) is 19.8. The Morgan fingerprint density at radius 3 is 2.90 bits per heavy atom. The average molecular weight is 411 g/mol. The summed E-state index contributed by atoms with van der Waals surface area (Å²) in [5.74, 6) is 3.66. The van der Waals surface area contributed by atoms with Gasteiger partial charge in [0.1, 0.15) is 5.82 Å². The van der Waals surface area contributed by atoms with Gasteiger partial charge in [-0.2, -0.15) is 5.26 Å². The molecular weight excluding hydrogens is 384 g/mol. The van der Waals surface area contributed by atoms with Gasteiger partial charge in [0.2, 0.25) is 5.91 Å². The van der Waals surface area contributed by atoms with Crippen molar-refractivity contribution >= 4 is 28.7 Å². The van der Waals surface area contributed by atoms with Gasteiger partial charge in [-0.05, 0) is 50.6 Å². The molecule has 1 aromatic heterocycles. The zero-order valence-corrected chi connectivity index (χ0v) is 17.2. The summed E-state index contributed by atoms with van der Waals surface area (Å²) in [4.78, 5) is 25.4. The van der Waals surface area contributed by atoms with Gasteiger partial charge < -0.3 is 15.2 Å². The Kier molecular flexibility index (Phi) is 5.20. The van der Waals surface area contributed by atoms with E-state index in [2.05, 4.69) is 21.3 Å². The molecule has 3 aliphatic heterocycles. The number of thioether (sulfide) groups is 1. The number of carbonyl (C=O) groups excluding carboxylic acids is 1. The summed E-state index contributed by atoms with van der Waals surface area (Å²) in [5, 5.41) is 12.5. The normalized spacial score (nSPS) is 26.2. The van der Waals surface area contributed by atoms with Crippen LogP contribution in [0.2, 0.25) is 0 Å². The second-order valence-electron chi connectivity index (χ2n) is 8.27. The number of benzene rings is 1. The molecule has 2 atom stereocenters. The molecule has 4 heterocycles. The maximum absolute atomic E-state index is 12.6. The Labute approximate surface area is 174 Å². The second kappa shape index (κ2) is 7.98. The van der Waals surface area contributed by atoms with E-state index in [1.54, 1.807) is 0 Å². The maximum Gasteiger partial charge on any atom is 0.240 e. The molecule has 29 heavy (non-hydrogen) atoms. The molecule has 8 heteroatoms. The van der Waals surface area contributed by atoms with Gasteiger partial charge in [-0.25, -0.2) is 4.98 Å². The van der Waals surface area contributed by atoms with Gasteiger partial charge in [-0.1, -0.05) is 0 Å².